The van der Waals surface area contributed by atoms with Gasteiger partial charge in [0.05, 0.1) is 17.1 Å². The van der Waals surface area contributed by atoms with Crippen LogP contribution in [-0.4, -0.2) is 11.3 Å². The number of aldehydes is 1. The zero-order valence-corrected chi connectivity index (χ0v) is 7.56. The number of aromatic nitrogens is 1. The molecule has 1 heterocycles. The molecule has 1 rings (SSSR count). The summed E-state index contributed by atoms with van der Waals surface area (Å²) in [5.41, 5.74) is -1.26. The molecule has 0 saturated heterocycles. The first kappa shape index (κ1) is 11.0. The number of pyridine rings is 1. The second kappa shape index (κ2) is 4.41. The van der Waals surface area contributed by atoms with Crippen molar-refractivity contribution >= 4 is 17.9 Å². The largest absolute Gasteiger partial charge is 0.298 e. The van der Waals surface area contributed by atoms with Gasteiger partial charge in [0, 0.05) is 6.07 Å². The minimum atomic E-state index is -2.88. The molecule has 0 aliphatic carbocycles. The lowest BCUT2D eigenvalue weighted by atomic mass is 10.2. The SMILES string of the molecule is O=Cc1c(F)cc(C(F)F)nc1CCl. The summed E-state index contributed by atoms with van der Waals surface area (Å²) in [6.07, 6.45) is -2.68. The van der Waals surface area contributed by atoms with Gasteiger partial charge in [0.1, 0.15) is 11.5 Å². The molecule has 0 saturated carbocycles. The van der Waals surface area contributed by atoms with E-state index in [1.807, 2.05) is 0 Å². The Bertz CT molecular complexity index is 357. The number of hydrogen-bond donors (Lipinski definition) is 0. The molecule has 0 atom stereocenters. The predicted octanol–water partition coefficient (Wildman–Crippen LogP) is 2.71. The van der Waals surface area contributed by atoms with Gasteiger partial charge in [0.15, 0.2) is 6.29 Å². The Labute approximate surface area is 82.7 Å². The first-order valence-electron chi connectivity index (χ1n) is 3.58. The third-order valence-electron chi connectivity index (χ3n) is 1.57. The lowest BCUT2D eigenvalue weighted by Crippen LogP contribution is -2.03. The highest BCUT2D eigenvalue weighted by Crippen LogP contribution is 2.21. The van der Waals surface area contributed by atoms with Crippen LogP contribution in [-0.2, 0) is 5.88 Å². The van der Waals surface area contributed by atoms with E-state index in [9.17, 15) is 18.0 Å². The van der Waals surface area contributed by atoms with E-state index >= 15 is 0 Å². The van der Waals surface area contributed by atoms with Crippen LogP contribution in [0.1, 0.15) is 28.2 Å². The lowest BCUT2D eigenvalue weighted by Gasteiger charge is -2.05. The molecular weight excluding hydrogens is 219 g/mol. The molecule has 6 heteroatoms. The molecule has 1 aromatic heterocycles. The van der Waals surface area contributed by atoms with Crippen LogP contribution in [0.25, 0.3) is 0 Å². The molecule has 0 amide bonds. The average Bonchev–Trinajstić information content (AvgIpc) is 2.16. The van der Waals surface area contributed by atoms with Crippen molar-refractivity contribution in [2.24, 2.45) is 0 Å². The first-order valence-corrected chi connectivity index (χ1v) is 4.12. The molecule has 0 spiro atoms. The van der Waals surface area contributed by atoms with Crippen LogP contribution >= 0.6 is 11.6 Å². The van der Waals surface area contributed by atoms with Crippen molar-refractivity contribution in [2.75, 3.05) is 0 Å². The molecule has 0 N–H and O–H groups in total. The van der Waals surface area contributed by atoms with Gasteiger partial charge >= 0.3 is 0 Å². The second-order valence-corrected chi connectivity index (χ2v) is 2.71. The summed E-state index contributed by atoms with van der Waals surface area (Å²) in [5, 5.41) is 0. The Morgan fingerprint density at radius 2 is 2.21 bits per heavy atom. The first-order chi connectivity index (χ1) is 6.60. The summed E-state index contributed by atoms with van der Waals surface area (Å²) >= 11 is 5.33. The molecule has 0 aliphatic heterocycles. The second-order valence-electron chi connectivity index (χ2n) is 2.44. The third kappa shape index (κ3) is 2.04. The van der Waals surface area contributed by atoms with E-state index in [-0.39, 0.29) is 23.4 Å². The number of alkyl halides is 3. The number of carbonyl (C=O) groups excluding carboxylic acids is 1. The van der Waals surface area contributed by atoms with Gasteiger partial charge in [0.2, 0.25) is 0 Å². The third-order valence-corrected chi connectivity index (χ3v) is 1.83. The van der Waals surface area contributed by atoms with Crippen LogP contribution in [0.4, 0.5) is 13.2 Å². The summed E-state index contributed by atoms with van der Waals surface area (Å²) in [5.74, 6) is -1.31. The minimum Gasteiger partial charge on any atom is -0.298 e. The van der Waals surface area contributed by atoms with E-state index in [0.717, 1.165) is 0 Å². The highest BCUT2D eigenvalue weighted by atomic mass is 35.5. The molecule has 1 aromatic rings. The highest BCUT2D eigenvalue weighted by Gasteiger charge is 2.16. The number of hydrogen-bond acceptors (Lipinski definition) is 2. The fourth-order valence-electron chi connectivity index (χ4n) is 0.932. The standard InChI is InChI=1S/C8H5ClF3NO/c9-2-7-4(3-14)5(10)1-6(13-7)8(11)12/h1,3,8H,2H2. The van der Waals surface area contributed by atoms with Gasteiger partial charge in [-0.1, -0.05) is 0 Å². The zero-order chi connectivity index (χ0) is 10.7. The lowest BCUT2D eigenvalue weighted by molar-refractivity contribution is 0.111. The van der Waals surface area contributed by atoms with E-state index in [4.69, 9.17) is 11.6 Å². The molecule has 0 radical (unpaired) electrons. The quantitative estimate of drug-likeness (QED) is 0.583. The van der Waals surface area contributed by atoms with Crippen LogP contribution in [0.2, 0.25) is 0 Å². The smallest absolute Gasteiger partial charge is 0.280 e. The fraction of sp³-hybridized carbons (Fsp3) is 0.250. The van der Waals surface area contributed by atoms with E-state index < -0.39 is 17.9 Å². The molecule has 0 aromatic carbocycles. The van der Waals surface area contributed by atoms with E-state index in [2.05, 4.69) is 4.98 Å². The van der Waals surface area contributed by atoms with Crippen molar-refractivity contribution in [2.45, 2.75) is 12.3 Å². The van der Waals surface area contributed by atoms with Gasteiger partial charge in [-0.2, -0.15) is 0 Å². The Balaban J connectivity index is 3.31. The number of carbonyl (C=O) groups is 1. The Morgan fingerprint density at radius 1 is 1.57 bits per heavy atom. The summed E-state index contributed by atoms with van der Waals surface area (Å²) in [6.45, 7) is 0. The predicted molar refractivity (Wildman–Crippen MR) is 44.1 cm³/mol. The van der Waals surface area contributed by atoms with E-state index in [1.165, 1.54) is 0 Å². The van der Waals surface area contributed by atoms with Crippen molar-refractivity contribution in [3.63, 3.8) is 0 Å². The molecule has 14 heavy (non-hydrogen) atoms. The maximum absolute atomic E-state index is 13.0. The molecule has 0 unspecified atom stereocenters. The molecule has 0 bridgehead atoms. The van der Waals surface area contributed by atoms with Crippen LogP contribution in [0, 0.1) is 5.82 Å². The topological polar surface area (TPSA) is 30.0 Å². The minimum absolute atomic E-state index is 0.169. The molecule has 0 fully saturated rings. The number of rotatable bonds is 3. The van der Waals surface area contributed by atoms with Crippen molar-refractivity contribution in [1.82, 2.24) is 4.98 Å². The van der Waals surface area contributed by atoms with Crippen molar-refractivity contribution < 1.29 is 18.0 Å². The van der Waals surface area contributed by atoms with Crippen LogP contribution < -0.4 is 0 Å². The Hall–Kier alpha value is -1.10. The Kier molecular flexibility index (Phi) is 3.46. The van der Waals surface area contributed by atoms with Gasteiger partial charge in [-0.15, -0.1) is 11.6 Å². The highest BCUT2D eigenvalue weighted by molar-refractivity contribution is 6.17. The molecule has 76 valence electrons. The average molecular weight is 224 g/mol. The number of halogens is 4. The van der Waals surface area contributed by atoms with E-state index in [1.54, 1.807) is 0 Å². The van der Waals surface area contributed by atoms with Crippen molar-refractivity contribution in [1.29, 1.82) is 0 Å². The summed E-state index contributed by atoms with van der Waals surface area (Å²) < 4.78 is 37.3. The fourth-order valence-corrected chi connectivity index (χ4v) is 1.14. The summed E-state index contributed by atoms with van der Waals surface area (Å²) in [6, 6.07) is 0.532. The van der Waals surface area contributed by atoms with Crippen LogP contribution in [0.3, 0.4) is 0 Å². The summed E-state index contributed by atoms with van der Waals surface area (Å²) in [4.78, 5) is 13.7. The van der Waals surface area contributed by atoms with Crippen LogP contribution in [0.5, 0.6) is 0 Å². The van der Waals surface area contributed by atoms with Gasteiger partial charge < -0.3 is 0 Å². The van der Waals surface area contributed by atoms with Crippen molar-refractivity contribution in [3.05, 3.63) is 28.8 Å². The summed E-state index contributed by atoms with van der Waals surface area (Å²) in [7, 11) is 0. The van der Waals surface area contributed by atoms with Gasteiger partial charge in [-0.3, -0.25) is 4.79 Å². The maximum atomic E-state index is 13.0. The van der Waals surface area contributed by atoms with Crippen LogP contribution in [0.15, 0.2) is 6.07 Å². The van der Waals surface area contributed by atoms with Crippen molar-refractivity contribution in [3.8, 4) is 0 Å². The molecular formula is C8H5ClF3NO. The molecule has 0 aliphatic rings. The van der Waals surface area contributed by atoms with Gasteiger partial charge in [-0.25, -0.2) is 18.2 Å². The molecule has 2 nitrogen and oxygen atoms in total. The zero-order valence-electron chi connectivity index (χ0n) is 6.81. The van der Waals surface area contributed by atoms with Gasteiger partial charge in [0.25, 0.3) is 6.43 Å². The normalized spacial score (nSPS) is 10.6. The maximum Gasteiger partial charge on any atom is 0.280 e. The Morgan fingerprint density at radius 3 is 2.64 bits per heavy atom. The number of nitrogens with zero attached hydrogens (tertiary/aromatic N) is 1. The van der Waals surface area contributed by atoms with Gasteiger partial charge in [-0.05, 0) is 0 Å². The monoisotopic (exact) mass is 223 g/mol. The van der Waals surface area contributed by atoms with E-state index in [0.29, 0.717) is 6.07 Å².